The van der Waals surface area contributed by atoms with Gasteiger partial charge in [0.15, 0.2) is 0 Å². The fraction of sp³-hybridized carbons (Fsp3) is 0.429. The Morgan fingerprint density at radius 2 is 2.05 bits per heavy atom. The first kappa shape index (κ1) is 13.9. The minimum atomic E-state index is -0.196. The number of nitrogens with two attached hydrogens (primary N) is 1. The van der Waals surface area contributed by atoms with E-state index in [4.69, 9.17) is 11.0 Å². The standard InChI is InChI=1S/C14H16BrN3O/c15-12-2-1-3-13(11(12)8-16)18-10-6-4-9(5-7-10)14(17)19/h1-3,9-10,18H,4-7H2,(H2,17,19). The van der Waals surface area contributed by atoms with Crippen LogP contribution in [-0.4, -0.2) is 11.9 Å². The highest BCUT2D eigenvalue weighted by molar-refractivity contribution is 9.10. The van der Waals surface area contributed by atoms with E-state index in [1.54, 1.807) is 0 Å². The van der Waals surface area contributed by atoms with Crippen LogP contribution in [0, 0.1) is 17.2 Å². The number of hydrogen-bond acceptors (Lipinski definition) is 3. The lowest BCUT2D eigenvalue weighted by Crippen LogP contribution is -2.32. The lowest BCUT2D eigenvalue weighted by atomic mass is 9.85. The van der Waals surface area contributed by atoms with E-state index in [2.05, 4.69) is 27.3 Å². The summed E-state index contributed by atoms with van der Waals surface area (Å²) in [6, 6.07) is 8.17. The van der Waals surface area contributed by atoms with Crippen molar-refractivity contribution in [2.45, 2.75) is 31.7 Å². The summed E-state index contributed by atoms with van der Waals surface area (Å²) < 4.78 is 0.797. The average molecular weight is 322 g/mol. The Hall–Kier alpha value is -1.54. The Morgan fingerprint density at radius 3 is 2.63 bits per heavy atom. The van der Waals surface area contributed by atoms with Crippen LogP contribution in [0.3, 0.4) is 0 Å². The quantitative estimate of drug-likeness (QED) is 0.898. The molecule has 0 radical (unpaired) electrons. The second kappa shape index (κ2) is 6.07. The first-order valence-corrected chi connectivity index (χ1v) is 7.15. The minimum absolute atomic E-state index is 0.0102. The van der Waals surface area contributed by atoms with Gasteiger partial charge in [0.25, 0.3) is 0 Å². The Bertz CT molecular complexity index is 516. The van der Waals surface area contributed by atoms with Crippen molar-refractivity contribution in [3.05, 3.63) is 28.2 Å². The van der Waals surface area contributed by atoms with E-state index in [1.807, 2.05) is 18.2 Å². The predicted octanol–water partition coefficient (Wildman–Crippen LogP) is 2.78. The van der Waals surface area contributed by atoms with Gasteiger partial charge in [0.2, 0.25) is 5.91 Å². The van der Waals surface area contributed by atoms with Gasteiger partial charge >= 0.3 is 0 Å². The molecule has 1 aromatic carbocycles. The highest BCUT2D eigenvalue weighted by Gasteiger charge is 2.25. The predicted molar refractivity (Wildman–Crippen MR) is 77.4 cm³/mol. The van der Waals surface area contributed by atoms with Crippen LogP contribution < -0.4 is 11.1 Å². The molecule has 1 saturated carbocycles. The van der Waals surface area contributed by atoms with E-state index in [9.17, 15) is 4.79 Å². The molecule has 0 aromatic heterocycles. The molecule has 0 unspecified atom stereocenters. The Morgan fingerprint density at radius 1 is 1.37 bits per heavy atom. The first-order chi connectivity index (χ1) is 9.11. The lowest BCUT2D eigenvalue weighted by Gasteiger charge is -2.28. The van der Waals surface area contributed by atoms with Gasteiger partial charge in [-0.05, 0) is 53.7 Å². The third-order valence-corrected chi connectivity index (χ3v) is 4.28. The summed E-state index contributed by atoms with van der Waals surface area (Å²) in [5, 5.41) is 12.6. The molecule has 0 bridgehead atoms. The number of nitriles is 1. The van der Waals surface area contributed by atoms with Gasteiger partial charge in [0.05, 0.1) is 11.3 Å². The van der Waals surface area contributed by atoms with Crippen LogP contribution in [0.4, 0.5) is 5.69 Å². The molecule has 0 spiro atoms. The third-order valence-electron chi connectivity index (χ3n) is 3.61. The molecular formula is C14H16BrN3O. The van der Waals surface area contributed by atoms with Crippen LogP contribution in [0.2, 0.25) is 0 Å². The molecule has 0 saturated heterocycles. The third kappa shape index (κ3) is 3.27. The molecule has 5 heteroatoms. The molecule has 2 rings (SSSR count). The number of primary amides is 1. The van der Waals surface area contributed by atoms with Gasteiger partial charge in [0, 0.05) is 16.4 Å². The van der Waals surface area contributed by atoms with Gasteiger partial charge in [-0.25, -0.2) is 0 Å². The fourth-order valence-corrected chi connectivity index (χ4v) is 2.96. The van der Waals surface area contributed by atoms with Crippen LogP contribution >= 0.6 is 15.9 Å². The second-order valence-electron chi connectivity index (χ2n) is 4.87. The van der Waals surface area contributed by atoms with Crippen molar-refractivity contribution >= 4 is 27.5 Å². The van der Waals surface area contributed by atoms with Gasteiger partial charge in [-0.2, -0.15) is 5.26 Å². The first-order valence-electron chi connectivity index (χ1n) is 6.36. The second-order valence-corrected chi connectivity index (χ2v) is 5.72. The molecule has 4 nitrogen and oxygen atoms in total. The van der Waals surface area contributed by atoms with Crippen molar-refractivity contribution in [2.24, 2.45) is 11.7 Å². The van der Waals surface area contributed by atoms with Gasteiger partial charge < -0.3 is 11.1 Å². The largest absolute Gasteiger partial charge is 0.381 e. The highest BCUT2D eigenvalue weighted by atomic mass is 79.9. The highest BCUT2D eigenvalue weighted by Crippen LogP contribution is 2.29. The number of hydrogen-bond donors (Lipinski definition) is 2. The molecule has 0 atom stereocenters. The minimum Gasteiger partial charge on any atom is -0.381 e. The molecule has 1 amide bonds. The van der Waals surface area contributed by atoms with E-state index >= 15 is 0 Å². The normalized spacial score (nSPS) is 22.5. The van der Waals surface area contributed by atoms with Crippen LogP contribution in [0.5, 0.6) is 0 Å². The summed E-state index contributed by atoms with van der Waals surface area (Å²) in [5.74, 6) is -0.186. The van der Waals surface area contributed by atoms with Crippen LogP contribution in [-0.2, 0) is 4.79 Å². The van der Waals surface area contributed by atoms with Crippen molar-refractivity contribution in [1.29, 1.82) is 5.26 Å². The zero-order chi connectivity index (χ0) is 13.8. The van der Waals surface area contributed by atoms with Crippen molar-refractivity contribution < 1.29 is 4.79 Å². The number of nitrogens with one attached hydrogen (secondary N) is 1. The van der Waals surface area contributed by atoms with Gasteiger partial charge in [-0.15, -0.1) is 0 Å². The molecule has 0 heterocycles. The number of halogens is 1. The summed E-state index contributed by atoms with van der Waals surface area (Å²) >= 11 is 3.38. The Kier molecular flexibility index (Phi) is 4.43. The monoisotopic (exact) mass is 321 g/mol. The number of nitrogens with zero attached hydrogens (tertiary/aromatic N) is 1. The molecule has 0 aliphatic heterocycles. The molecule has 1 aliphatic rings. The number of amides is 1. The molecule has 3 N–H and O–H groups in total. The maximum atomic E-state index is 11.1. The molecule has 1 fully saturated rings. The van der Waals surface area contributed by atoms with Gasteiger partial charge in [-0.3, -0.25) is 4.79 Å². The molecule has 19 heavy (non-hydrogen) atoms. The molecule has 1 aromatic rings. The summed E-state index contributed by atoms with van der Waals surface area (Å²) in [6.45, 7) is 0. The van der Waals surface area contributed by atoms with E-state index in [0.717, 1.165) is 35.8 Å². The summed E-state index contributed by atoms with van der Waals surface area (Å²) in [5.41, 5.74) is 6.79. The molecule has 100 valence electrons. The average Bonchev–Trinajstić information content (AvgIpc) is 2.39. The lowest BCUT2D eigenvalue weighted by molar-refractivity contribution is -0.122. The van der Waals surface area contributed by atoms with E-state index < -0.39 is 0 Å². The smallest absolute Gasteiger partial charge is 0.220 e. The van der Waals surface area contributed by atoms with E-state index in [1.165, 1.54) is 0 Å². The van der Waals surface area contributed by atoms with Crippen LogP contribution in [0.1, 0.15) is 31.2 Å². The SMILES string of the molecule is N#Cc1c(Br)cccc1NC1CCC(C(N)=O)CC1. The number of carbonyl (C=O) groups excluding carboxylic acids is 1. The van der Waals surface area contributed by atoms with Crippen LogP contribution in [0.25, 0.3) is 0 Å². The van der Waals surface area contributed by atoms with Crippen LogP contribution in [0.15, 0.2) is 22.7 Å². The number of anilines is 1. The van der Waals surface area contributed by atoms with Gasteiger partial charge in [-0.1, -0.05) is 6.07 Å². The van der Waals surface area contributed by atoms with Crippen molar-refractivity contribution in [1.82, 2.24) is 0 Å². The number of benzene rings is 1. The van der Waals surface area contributed by atoms with Gasteiger partial charge in [0.1, 0.15) is 6.07 Å². The van der Waals surface area contributed by atoms with E-state index in [-0.39, 0.29) is 11.8 Å². The number of rotatable bonds is 3. The summed E-state index contributed by atoms with van der Waals surface area (Å²) in [6.07, 6.45) is 3.46. The topological polar surface area (TPSA) is 78.9 Å². The summed E-state index contributed by atoms with van der Waals surface area (Å²) in [7, 11) is 0. The maximum Gasteiger partial charge on any atom is 0.220 e. The van der Waals surface area contributed by atoms with Crippen molar-refractivity contribution in [3.63, 3.8) is 0 Å². The Balaban J connectivity index is 2.02. The zero-order valence-electron chi connectivity index (χ0n) is 10.5. The van der Waals surface area contributed by atoms with E-state index in [0.29, 0.717) is 11.6 Å². The molecular weight excluding hydrogens is 306 g/mol. The fourth-order valence-electron chi connectivity index (χ4n) is 2.50. The Labute approximate surface area is 121 Å². The number of carbonyl (C=O) groups is 1. The van der Waals surface area contributed by atoms with Crippen molar-refractivity contribution in [2.75, 3.05) is 5.32 Å². The maximum absolute atomic E-state index is 11.1. The zero-order valence-corrected chi connectivity index (χ0v) is 12.1. The molecule has 1 aliphatic carbocycles. The van der Waals surface area contributed by atoms with Crippen molar-refractivity contribution in [3.8, 4) is 6.07 Å². The summed E-state index contributed by atoms with van der Waals surface area (Å²) in [4.78, 5) is 11.1.